The Balaban J connectivity index is 1.78. The SMILES string of the molecule is COc1cccc(-n2c(SC3CCS(=O)(=O)C3)nnc2-c2ccccc2)c1. The number of methoxy groups -OCH3 is 1. The van der Waals surface area contributed by atoms with E-state index in [1.807, 2.05) is 59.2 Å². The maximum atomic E-state index is 11.8. The van der Waals surface area contributed by atoms with Gasteiger partial charge in [-0.3, -0.25) is 4.57 Å². The molecule has 0 aliphatic carbocycles. The third kappa shape index (κ3) is 3.86. The summed E-state index contributed by atoms with van der Waals surface area (Å²) in [5, 5.41) is 9.45. The van der Waals surface area contributed by atoms with Gasteiger partial charge in [-0.25, -0.2) is 8.42 Å². The molecule has 1 aliphatic heterocycles. The molecule has 8 heteroatoms. The van der Waals surface area contributed by atoms with Crippen molar-refractivity contribution in [1.82, 2.24) is 14.8 Å². The fourth-order valence-corrected chi connectivity index (χ4v) is 6.61. The average molecular weight is 402 g/mol. The molecule has 140 valence electrons. The lowest BCUT2D eigenvalue weighted by Gasteiger charge is -2.13. The van der Waals surface area contributed by atoms with Gasteiger partial charge in [0.15, 0.2) is 20.8 Å². The van der Waals surface area contributed by atoms with E-state index in [1.165, 1.54) is 11.8 Å². The normalized spacial score (nSPS) is 18.5. The van der Waals surface area contributed by atoms with Gasteiger partial charge in [0.1, 0.15) is 5.75 Å². The molecule has 1 unspecified atom stereocenters. The third-order valence-electron chi connectivity index (χ3n) is 4.44. The molecule has 2 heterocycles. The van der Waals surface area contributed by atoms with Crippen molar-refractivity contribution in [3.63, 3.8) is 0 Å². The van der Waals surface area contributed by atoms with Crippen LogP contribution in [0.15, 0.2) is 59.8 Å². The highest BCUT2D eigenvalue weighted by molar-refractivity contribution is 8.01. The predicted octanol–water partition coefficient (Wildman–Crippen LogP) is 3.22. The van der Waals surface area contributed by atoms with Crippen LogP contribution in [0.2, 0.25) is 0 Å². The first-order valence-electron chi connectivity index (χ1n) is 8.58. The molecule has 0 radical (unpaired) electrons. The summed E-state index contributed by atoms with van der Waals surface area (Å²) >= 11 is 1.47. The lowest BCUT2D eigenvalue weighted by Crippen LogP contribution is -2.08. The lowest BCUT2D eigenvalue weighted by atomic mass is 10.2. The van der Waals surface area contributed by atoms with Gasteiger partial charge in [-0.15, -0.1) is 10.2 Å². The van der Waals surface area contributed by atoms with E-state index in [-0.39, 0.29) is 16.8 Å². The maximum absolute atomic E-state index is 11.8. The predicted molar refractivity (Wildman–Crippen MR) is 106 cm³/mol. The van der Waals surface area contributed by atoms with Crippen LogP contribution in [-0.2, 0) is 9.84 Å². The molecule has 27 heavy (non-hydrogen) atoms. The Hall–Kier alpha value is -2.32. The second-order valence-corrected chi connectivity index (χ2v) is 9.85. The van der Waals surface area contributed by atoms with Gasteiger partial charge < -0.3 is 4.74 Å². The van der Waals surface area contributed by atoms with Crippen LogP contribution in [0.5, 0.6) is 5.75 Å². The van der Waals surface area contributed by atoms with Crippen LogP contribution >= 0.6 is 11.8 Å². The summed E-state index contributed by atoms with van der Waals surface area (Å²) in [5.74, 6) is 1.87. The van der Waals surface area contributed by atoms with Crippen LogP contribution in [0.4, 0.5) is 0 Å². The zero-order valence-corrected chi connectivity index (χ0v) is 16.4. The van der Waals surface area contributed by atoms with Crippen LogP contribution in [0.3, 0.4) is 0 Å². The van der Waals surface area contributed by atoms with Gasteiger partial charge in [-0.1, -0.05) is 48.2 Å². The first-order chi connectivity index (χ1) is 13.1. The molecule has 6 nitrogen and oxygen atoms in total. The highest BCUT2D eigenvalue weighted by Gasteiger charge is 2.30. The molecule has 0 N–H and O–H groups in total. The zero-order valence-electron chi connectivity index (χ0n) is 14.8. The smallest absolute Gasteiger partial charge is 0.196 e. The minimum atomic E-state index is -2.95. The molecular weight excluding hydrogens is 382 g/mol. The Labute approximate surface area is 162 Å². The summed E-state index contributed by atoms with van der Waals surface area (Å²) in [6.07, 6.45) is 0.638. The Kier molecular flexibility index (Phi) is 4.92. The van der Waals surface area contributed by atoms with Gasteiger partial charge >= 0.3 is 0 Å². The Morgan fingerprint density at radius 2 is 1.93 bits per heavy atom. The number of benzene rings is 2. The number of sulfone groups is 1. The van der Waals surface area contributed by atoms with E-state index < -0.39 is 9.84 Å². The van der Waals surface area contributed by atoms with Crippen molar-refractivity contribution in [2.75, 3.05) is 18.6 Å². The maximum Gasteiger partial charge on any atom is 0.196 e. The summed E-state index contributed by atoms with van der Waals surface area (Å²) in [4.78, 5) is 0. The van der Waals surface area contributed by atoms with Crippen LogP contribution in [-0.4, -0.2) is 47.0 Å². The minimum Gasteiger partial charge on any atom is -0.497 e. The fraction of sp³-hybridized carbons (Fsp3) is 0.263. The molecule has 0 saturated carbocycles. The minimum absolute atomic E-state index is 0.00724. The van der Waals surface area contributed by atoms with E-state index in [0.29, 0.717) is 17.4 Å². The van der Waals surface area contributed by atoms with Gasteiger partial charge in [0, 0.05) is 16.9 Å². The molecule has 0 bridgehead atoms. The Morgan fingerprint density at radius 1 is 1.11 bits per heavy atom. The quantitative estimate of drug-likeness (QED) is 0.654. The highest BCUT2D eigenvalue weighted by Crippen LogP contribution is 2.34. The van der Waals surface area contributed by atoms with E-state index in [1.54, 1.807) is 7.11 Å². The van der Waals surface area contributed by atoms with Gasteiger partial charge in [-0.05, 0) is 18.6 Å². The molecule has 1 aromatic heterocycles. The number of nitrogens with zero attached hydrogens (tertiary/aromatic N) is 3. The van der Waals surface area contributed by atoms with E-state index in [2.05, 4.69) is 10.2 Å². The molecule has 4 rings (SSSR count). The number of ether oxygens (including phenoxy) is 1. The van der Waals surface area contributed by atoms with Gasteiger partial charge in [-0.2, -0.15) is 0 Å². The van der Waals surface area contributed by atoms with Crippen LogP contribution in [0.25, 0.3) is 17.1 Å². The monoisotopic (exact) mass is 401 g/mol. The van der Waals surface area contributed by atoms with Crippen LogP contribution in [0.1, 0.15) is 6.42 Å². The van der Waals surface area contributed by atoms with Gasteiger partial charge in [0.2, 0.25) is 0 Å². The standard InChI is InChI=1S/C19H19N3O3S2/c1-25-16-9-5-8-15(12-16)22-18(14-6-3-2-4-7-14)20-21-19(22)26-17-10-11-27(23,24)13-17/h2-9,12,17H,10-11,13H2,1H3. The van der Waals surface area contributed by atoms with E-state index in [9.17, 15) is 8.42 Å². The van der Waals surface area contributed by atoms with Crippen LogP contribution < -0.4 is 4.74 Å². The molecule has 1 atom stereocenters. The summed E-state index contributed by atoms with van der Waals surface area (Å²) in [7, 11) is -1.32. The van der Waals surface area contributed by atoms with E-state index in [0.717, 1.165) is 17.0 Å². The molecule has 1 fully saturated rings. The van der Waals surface area contributed by atoms with Gasteiger partial charge in [0.25, 0.3) is 0 Å². The van der Waals surface area contributed by atoms with Crippen molar-refractivity contribution in [2.24, 2.45) is 0 Å². The second-order valence-electron chi connectivity index (χ2n) is 6.35. The first-order valence-corrected chi connectivity index (χ1v) is 11.3. The number of hydrogen-bond acceptors (Lipinski definition) is 6. The first kappa shape index (κ1) is 18.1. The average Bonchev–Trinajstić information content (AvgIpc) is 3.25. The van der Waals surface area contributed by atoms with Crippen molar-refractivity contribution in [1.29, 1.82) is 0 Å². The summed E-state index contributed by atoms with van der Waals surface area (Å²) in [6.45, 7) is 0. The van der Waals surface area contributed by atoms with E-state index in [4.69, 9.17) is 4.74 Å². The largest absolute Gasteiger partial charge is 0.497 e. The zero-order chi connectivity index (χ0) is 18.9. The summed E-state index contributed by atoms with van der Waals surface area (Å²) < 4.78 is 31.0. The van der Waals surface area contributed by atoms with Crippen LogP contribution in [0, 0.1) is 0 Å². The van der Waals surface area contributed by atoms with Crippen molar-refractivity contribution in [2.45, 2.75) is 16.8 Å². The molecular formula is C19H19N3O3S2. The topological polar surface area (TPSA) is 74.1 Å². The number of thioether (sulfide) groups is 1. The van der Waals surface area contributed by atoms with Crippen molar-refractivity contribution in [3.05, 3.63) is 54.6 Å². The second kappa shape index (κ2) is 7.36. The Bertz CT molecular complexity index is 1050. The third-order valence-corrected chi connectivity index (χ3v) is 7.63. The molecule has 1 saturated heterocycles. The lowest BCUT2D eigenvalue weighted by molar-refractivity contribution is 0.414. The summed E-state index contributed by atoms with van der Waals surface area (Å²) in [6, 6.07) is 17.5. The number of hydrogen-bond donors (Lipinski definition) is 0. The van der Waals surface area contributed by atoms with Gasteiger partial charge in [0.05, 0.1) is 24.3 Å². The molecule has 3 aromatic rings. The van der Waals surface area contributed by atoms with E-state index >= 15 is 0 Å². The summed E-state index contributed by atoms with van der Waals surface area (Å²) in [5.41, 5.74) is 1.82. The number of rotatable bonds is 5. The highest BCUT2D eigenvalue weighted by atomic mass is 32.2. The van der Waals surface area contributed by atoms with Crippen molar-refractivity contribution in [3.8, 4) is 22.8 Å². The molecule has 0 spiro atoms. The molecule has 2 aromatic carbocycles. The number of aromatic nitrogens is 3. The van der Waals surface area contributed by atoms with Crippen molar-refractivity contribution < 1.29 is 13.2 Å². The fourth-order valence-electron chi connectivity index (χ4n) is 3.11. The molecule has 0 amide bonds. The Morgan fingerprint density at radius 3 is 2.63 bits per heavy atom. The molecule has 1 aliphatic rings. The van der Waals surface area contributed by atoms with Crippen molar-refractivity contribution >= 4 is 21.6 Å².